The van der Waals surface area contributed by atoms with Crippen molar-refractivity contribution in [2.75, 3.05) is 5.32 Å². The van der Waals surface area contributed by atoms with E-state index in [0.29, 0.717) is 16.6 Å². The first-order valence-electron chi connectivity index (χ1n) is 9.26. The highest BCUT2D eigenvalue weighted by Gasteiger charge is 2.14. The van der Waals surface area contributed by atoms with Gasteiger partial charge in [0.25, 0.3) is 5.91 Å². The Morgan fingerprint density at radius 3 is 2.40 bits per heavy atom. The molecule has 2 heterocycles. The number of carbonyl (C=O) groups excluding carboxylic acids is 1. The number of rotatable bonds is 4. The van der Waals surface area contributed by atoms with Crippen LogP contribution in [0.15, 0.2) is 54.9 Å². The summed E-state index contributed by atoms with van der Waals surface area (Å²) < 4.78 is 2.01. The number of benzene rings is 2. The maximum Gasteiger partial charge on any atom is 0.258 e. The highest BCUT2D eigenvalue weighted by molar-refractivity contribution is 6.58. The normalized spacial score (nSPS) is 11.5. The van der Waals surface area contributed by atoms with Crippen molar-refractivity contribution in [3.63, 3.8) is 0 Å². The van der Waals surface area contributed by atoms with Gasteiger partial charge in [0.05, 0.1) is 40.9 Å². The average Bonchev–Trinajstić information content (AvgIpc) is 3.05. The van der Waals surface area contributed by atoms with Crippen LogP contribution < -0.4 is 5.32 Å². The summed E-state index contributed by atoms with van der Waals surface area (Å²) in [6.45, 7) is 1.95. The first-order chi connectivity index (χ1) is 14.2. The molecule has 2 aromatic carbocycles. The molecule has 0 aliphatic heterocycles. The van der Waals surface area contributed by atoms with E-state index in [1.165, 1.54) is 0 Å². The van der Waals surface area contributed by atoms with Crippen LogP contribution in [-0.2, 0) is 12.2 Å². The predicted octanol–water partition coefficient (Wildman–Crippen LogP) is 2.21. The Labute approximate surface area is 178 Å². The van der Waals surface area contributed by atoms with E-state index in [-0.39, 0.29) is 11.9 Å². The highest BCUT2D eigenvalue weighted by atomic mass is 16.1. The minimum Gasteiger partial charge on any atom is -0.331 e. The number of aromatic nitrogens is 4. The van der Waals surface area contributed by atoms with Gasteiger partial charge in [-0.25, -0.2) is 15.0 Å². The van der Waals surface area contributed by atoms with Gasteiger partial charge in [0.1, 0.15) is 5.82 Å². The summed E-state index contributed by atoms with van der Waals surface area (Å²) in [6, 6.07) is 12.3. The number of imidazole rings is 1. The van der Waals surface area contributed by atoms with Crippen molar-refractivity contribution < 1.29 is 4.79 Å². The van der Waals surface area contributed by atoms with E-state index in [1.807, 2.05) is 42.9 Å². The molecule has 9 heteroatoms. The molecular weight excluding hydrogens is 371 g/mol. The fourth-order valence-electron chi connectivity index (χ4n) is 3.10. The number of nitrogens with one attached hydrogen (secondary N) is 1. The lowest BCUT2D eigenvalue weighted by atomic mass is 9.40. The fourth-order valence-corrected chi connectivity index (χ4v) is 3.10. The summed E-state index contributed by atoms with van der Waals surface area (Å²) in [5.74, 6) is 0.777. The first kappa shape index (κ1) is 19.9. The van der Waals surface area contributed by atoms with Crippen molar-refractivity contribution in [1.82, 2.24) is 19.5 Å². The summed E-state index contributed by atoms with van der Waals surface area (Å²) in [7, 11) is 18.9. The smallest absolute Gasteiger partial charge is 0.258 e. The Kier molecular flexibility index (Phi) is 4.98. The maximum atomic E-state index is 12.6. The van der Waals surface area contributed by atoms with Gasteiger partial charge in [-0.05, 0) is 25.1 Å². The van der Waals surface area contributed by atoms with Crippen molar-refractivity contribution in [3.05, 3.63) is 71.8 Å². The molecule has 1 N–H and O–H groups in total. The molecule has 140 valence electrons. The van der Waals surface area contributed by atoms with Gasteiger partial charge in [-0.2, -0.15) is 0 Å². The monoisotopic (exact) mass is 387 g/mol. The van der Waals surface area contributed by atoms with E-state index in [9.17, 15) is 4.79 Å². The zero-order valence-corrected chi connectivity index (χ0v) is 16.6. The quantitative estimate of drug-likeness (QED) is 0.546. The Morgan fingerprint density at radius 2 is 1.77 bits per heavy atom. The van der Waals surface area contributed by atoms with Crippen molar-refractivity contribution >= 4 is 46.3 Å². The topological polar surface area (TPSA) is 72.7 Å². The third-order valence-corrected chi connectivity index (χ3v) is 4.97. The number of carbonyl (C=O) groups is 1. The van der Waals surface area contributed by atoms with Gasteiger partial charge in [0.2, 0.25) is 5.95 Å². The third-order valence-electron chi connectivity index (χ3n) is 4.97. The van der Waals surface area contributed by atoms with E-state index in [2.05, 4.69) is 20.3 Å². The second-order valence-corrected chi connectivity index (χ2v) is 7.18. The molecule has 0 saturated carbocycles. The number of fused-ring (bicyclic) bond motifs is 1. The summed E-state index contributed by atoms with van der Waals surface area (Å²) >= 11 is 0. The number of hydrogen-bond donors (Lipinski definition) is 1. The molecule has 0 atom stereocenters. The van der Waals surface area contributed by atoms with E-state index in [1.54, 1.807) is 30.5 Å². The zero-order chi connectivity index (χ0) is 21.5. The van der Waals surface area contributed by atoms with Crippen molar-refractivity contribution in [3.8, 4) is 11.3 Å². The molecule has 0 aliphatic carbocycles. The summed E-state index contributed by atoms with van der Waals surface area (Å²) in [4.78, 5) is 25.6. The molecule has 0 spiro atoms. The first-order valence-corrected chi connectivity index (χ1v) is 9.26. The van der Waals surface area contributed by atoms with Gasteiger partial charge in [-0.15, -0.1) is 5.11 Å². The number of hydrogen-bond acceptors (Lipinski definition) is 4. The van der Waals surface area contributed by atoms with Gasteiger partial charge in [0.15, 0.2) is 0 Å². The fraction of sp³-hybridized carbons (Fsp3) is 0.143. The van der Waals surface area contributed by atoms with Crippen molar-refractivity contribution in [2.24, 2.45) is 7.05 Å². The molecule has 0 unspecified atom stereocenters. The van der Waals surface area contributed by atoms with Crippen LogP contribution in [0.1, 0.15) is 21.7 Å². The van der Waals surface area contributed by atoms with Gasteiger partial charge in [-0.1, -0.05) is 29.8 Å². The largest absolute Gasteiger partial charge is 0.331 e. The highest BCUT2D eigenvalue weighted by Crippen LogP contribution is 2.24. The van der Waals surface area contributed by atoms with Crippen LogP contribution in [0.3, 0.4) is 0 Å². The molecule has 0 aliphatic rings. The van der Waals surface area contributed by atoms with Crippen molar-refractivity contribution in [2.45, 2.75) is 12.0 Å². The van der Waals surface area contributed by atoms with Crippen LogP contribution in [0.4, 0.5) is 5.95 Å². The van der Waals surface area contributed by atoms with Crippen LogP contribution >= 0.6 is 0 Å². The minimum atomic E-state index is -1.46. The predicted molar refractivity (Wildman–Crippen MR) is 120 cm³/mol. The van der Waals surface area contributed by atoms with Crippen LogP contribution in [-0.4, -0.2) is 49.0 Å². The van der Waals surface area contributed by atoms with Gasteiger partial charge in [-0.3, -0.25) is 10.1 Å². The molecule has 6 radical (unpaired) electrons. The Hall–Kier alpha value is -3.35. The summed E-state index contributed by atoms with van der Waals surface area (Å²) in [6.07, 6.45) is 3.49. The Balaban J connectivity index is 1.60. The van der Waals surface area contributed by atoms with Crippen LogP contribution in [0.5, 0.6) is 0 Å². The molecule has 6 nitrogen and oxygen atoms in total. The standard InChI is InChI=1S/C21H16B3N5O/c1-12-25-11-18(29(12)2)14-3-4-15-10-26-20(27-17(15)9-14)28-19(30)13-5-7-16(8-6-13)21(22,23)24/h3-11H,1-2H3,(H,26,27,28,30). The molecule has 0 bridgehead atoms. The van der Waals surface area contributed by atoms with Crippen LogP contribution in [0, 0.1) is 6.92 Å². The lowest BCUT2D eigenvalue weighted by molar-refractivity contribution is 0.102. The van der Waals surface area contributed by atoms with Gasteiger partial charge in [0, 0.05) is 29.8 Å². The van der Waals surface area contributed by atoms with Crippen molar-refractivity contribution in [1.29, 1.82) is 0 Å². The number of anilines is 1. The number of amides is 1. The summed E-state index contributed by atoms with van der Waals surface area (Å²) in [5, 5.41) is 2.12. The molecule has 0 fully saturated rings. The maximum absolute atomic E-state index is 12.6. The third kappa shape index (κ3) is 3.88. The SMILES string of the molecule is [B]C([B])([B])c1ccc(C(=O)Nc2ncc3ccc(-c4cnc(C)n4C)cc3n2)cc1. The molecule has 0 saturated heterocycles. The molecule has 2 aromatic heterocycles. The van der Waals surface area contributed by atoms with E-state index >= 15 is 0 Å². The van der Waals surface area contributed by atoms with E-state index in [0.717, 1.165) is 22.5 Å². The van der Waals surface area contributed by atoms with Gasteiger partial charge >= 0.3 is 0 Å². The second kappa shape index (κ2) is 7.48. The number of nitrogens with zero attached hydrogens (tertiary/aromatic N) is 4. The minimum absolute atomic E-state index is 0.209. The van der Waals surface area contributed by atoms with Gasteiger partial charge < -0.3 is 4.57 Å². The molecule has 1 amide bonds. The molecule has 4 rings (SSSR count). The Bertz CT molecular complexity index is 1250. The summed E-state index contributed by atoms with van der Waals surface area (Å²) in [5.41, 5.74) is 3.59. The number of aryl methyl sites for hydroxylation is 1. The molecular formula is C21H16B3N5O. The Morgan fingerprint density at radius 1 is 1.03 bits per heavy atom. The van der Waals surface area contributed by atoms with E-state index < -0.39 is 5.11 Å². The molecule has 4 aromatic rings. The van der Waals surface area contributed by atoms with Crippen LogP contribution in [0.2, 0.25) is 0 Å². The average molecular weight is 387 g/mol. The lowest BCUT2D eigenvalue weighted by Gasteiger charge is -2.20. The van der Waals surface area contributed by atoms with Crippen LogP contribution in [0.25, 0.3) is 22.2 Å². The molecule has 30 heavy (non-hydrogen) atoms. The zero-order valence-electron chi connectivity index (χ0n) is 16.6. The lowest BCUT2D eigenvalue weighted by Crippen LogP contribution is -2.27. The second-order valence-electron chi connectivity index (χ2n) is 7.18. The van der Waals surface area contributed by atoms with E-state index in [4.69, 9.17) is 23.5 Å².